The van der Waals surface area contributed by atoms with Crippen LogP contribution in [0.1, 0.15) is 21.8 Å². The molecule has 0 atom stereocenters. The summed E-state index contributed by atoms with van der Waals surface area (Å²) in [6.45, 7) is 1.68. The second-order valence-electron chi connectivity index (χ2n) is 5.66. The molecule has 0 fully saturated rings. The Morgan fingerprint density at radius 2 is 1.73 bits per heavy atom. The molecule has 26 heavy (non-hydrogen) atoms. The van der Waals surface area contributed by atoms with Crippen molar-refractivity contribution in [2.24, 2.45) is 0 Å². The molecule has 3 rings (SSSR count). The number of carbonyl (C=O) groups is 1. The Kier molecular flexibility index (Phi) is 4.90. The number of benzene rings is 2. The summed E-state index contributed by atoms with van der Waals surface area (Å²) in [5.74, 6) is 0.0653. The summed E-state index contributed by atoms with van der Waals surface area (Å²) in [4.78, 5) is 16.0. The molecule has 0 saturated carbocycles. The van der Waals surface area contributed by atoms with Crippen molar-refractivity contribution in [1.29, 1.82) is 0 Å². The molecule has 134 valence electrons. The summed E-state index contributed by atoms with van der Waals surface area (Å²) in [6.07, 6.45) is 0. The van der Waals surface area contributed by atoms with Crippen LogP contribution in [0, 0.1) is 6.92 Å². The fourth-order valence-electron chi connectivity index (χ4n) is 2.44. The third-order valence-corrected chi connectivity index (χ3v) is 5.52. The summed E-state index contributed by atoms with van der Waals surface area (Å²) >= 11 is 0. The lowest BCUT2D eigenvalue weighted by atomic mass is 10.1. The first-order valence-electron chi connectivity index (χ1n) is 7.83. The second-order valence-corrected chi connectivity index (χ2v) is 7.65. The molecule has 2 aromatic carbocycles. The number of sulfone groups is 1. The summed E-state index contributed by atoms with van der Waals surface area (Å²) in [5, 5.41) is 0. The van der Waals surface area contributed by atoms with E-state index in [9.17, 15) is 13.2 Å². The van der Waals surface area contributed by atoms with Gasteiger partial charge in [-0.15, -0.1) is 0 Å². The molecular formula is C19H17NO5S. The quantitative estimate of drug-likeness (QED) is 0.639. The van der Waals surface area contributed by atoms with E-state index in [0.29, 0.717) is 28.5 Å². The minimum Gasteiger partial charge on any atom is -0.465 e. The first kappa shape index (κ1) is 17.9. The van der Waals surface area contributed by atoms with Gasteiger partial charge in [-0.3, -0.25) is 0 Å². The number of nitrogens with zero attached hydrogens (tertiary/aromatic N) is 1. The molecule has 1 heterocycles. The van der Waals surface area contributed by atoms with Gasteiger partial charge in [0.2, 0.25) is 5.89 Å². The zero-order chi connectivity index (χ0) is 18.7. The van der Waals surface area contributed by atoms with Crippen LogP contribution in [0.4, 0.5) is 0 Å². The Balaban J connectivity index is 1.87. The number of esters is 1. The van der Waals surface area contributed by atoms with Crippen LogP contribution >= 0.6 is 0 Å². The second kappa shape index (κ2) is 7.13. The molecule has 0 aliphatic carbocycles. The van der Waals surface area contributed by atoms with Crippen molar-refractivity contribution < 1.29 is 22.4 Å². The third-order valence-electron chi connectivity index (χ3n) is 3.87. The van der Waals surface area contributed by atoms with E-state index in [4.69, 9.17) is 4.42 Å². The van der Waals surface area contributed by atoms with Crippen molar-refractivity contribution in [3.8, 4) is 11.5 Å². The van der Waals surface area contributed by atoms with E-state index in [1.54, 1.807) is 61.5 Å². The SMILES string of the molecule is COC(=O)c1ccc(-c2nc(CS(=O)(=O)c3ccccc3)c(C)o2)cc1. The van der Waals surface area contributed by atoms with Gasteiger partial charge in [-0.1, -0.05) is 18.2 Å². The first-order chi connectivity index (χ1) is 12.4. The Morgan fingerprint density at radius 3 is 2.35 bits per heavy atom. The Morgan fingerprint density at radius 1 is 1.08 bits per heavy atom. The molecule has 0 aliphatic heterocycles. The van der Waals surface area contributed by atoms with Crippen LogP contribution in [0.5, 0.6) is 0 Å². The number of aryl methyl sites for hydroxylation is 1. The summed E-state index contributed by atoms with van der Waals surface area (Å²) in [6, 6.07) is 14.8. The number of hydrogen-bond donors (Lipinski definition) is 0. The Bertz CT molecular complexity index is 1020. The van der Waals surface area contributed by atoms with Gasteiger partial charge in [0, 0.05) is 5.56 Å². The highest BCUT2D eigenvalue weighted by Crippen LogP contribution is 2.25. The maximum Gasteiger partial charge on any atom is 0.337 e. The molecule has 1 aromatic heterocycles. The van der Waals surface area contributed by atoms with Crippen molar-refractivity contribution in [3.63, 3.8) is 0 Å². The fraction of sp³-hybridized carbons (Fsp3) is 0.158. The maximum absolute atomic E-state index is 12.5. The standard InChI is InChI=1S/C19H17NO5S/c1-13-17(12-26(22,23)16-6-4-3-5-7-16)20-18(25-13)14-8-10-15(11-9-14)19(21)24-2/h3-11H,12H2,1-2H3. The minimum absolute atomic E-state index is 0.242. The number of methoxy groups -OCH3 is 1. The van der Waals surface area contributed by atoms with Gasteiger partial charge in [-0.2, -0.15) is 0 Å². The van der Waals surface area contributed by atoms with Gasteiger partial charge in [-0.25, -0.2) is 18.2 Å². The van der Waals surface area contributed by atoms with E-state index in [0.717, 1.165) is 0 Å². The average molecular weight is 371 g/mol. The Labute approximate surface area is 151 Å². The van der Waals surface area contributed by atoms with Gasteiger partial charge < -0.3 is 9.15 Å². The lowest BCUT2D eigenvalue weighted by Gasteiger charge is -2.02. The van der Waals surface area contributed by atoms with E-state index in [-0.39, 0.29) is 10.6 Å². The lowest BCUT2D eigenvalue weighted by molar-refractivity contribution is 0.0600. The largest absolute Gasteiger partial charge is 0.465 e. The van der Waals surface area contributed by atoms with E-state index in [1.807, 2.05) is 0 Å². The molecule has 0 amide bonds. The number of ether oxygens (including phenoxy) is 1. The van der Waals surface area contributed by atoms with E-state index >= 15 is 0 Å². The predicted molar refractivity (Wildman–Crippen MR) is 95.3 cm³/mol. The topological polar surface area (TPSA) is 86.5 Å². The molecule has 0 spiro atoms. The predicted octanol–water partition coefficient (Wildman–Crippen LogP) is 3.41. The van der Waals surface area contributed by atoms with E-state index in [1.165, 1.54) is 7.11 Å². The molecule has 0 unspecified atom stereocenters. The fourth-order valence-corrected chi connectivity index (χ4v) is 3.81. The zero-order valence-corrected chi connectivity index (χ0v) is 15.1. The van der Waals surface area contributed by atoms with E-state index < -0.39 is 15.8 Å². The van der Waals surface area contributed by atoms with Gasteiger partial charge in [0.1, 0.15) is 11.5 Å². The highest BCUT2D eigenvalue weighted by atomic mass is 32.2. The number of carbonyl (C=O) groups excluding carboxylic acids is 1. The van der Waals surface area contributed by atoms with Crippen molar-refractivity contribution in [3.05, 3.63) is 71.6 Å². The van der Waals surface area contributed by atoms with Gasteiger partial charge in [0.25, 0.3) is 0 Å². The molecule has 3 aromatic rings. The highest BCUT2D eigenvalue weighted by molar-refractivity contribution is 7.90. The minimum atomic E-state index is -3.51. The molecule has 0 radical (unpaired) electrons. The third kappa shape index (κ3) is 3.67. The molecule has 7 heteroatoms. The number of hydrogen-bond acceptors (Lipinski definition) is 6. The van der Waals surface area contributed by atoms with Crippen LogP contribution in [0.15, 0.2) is 63.9 Å². The maximum atomic E-state index is 12.5. The molecule has 0 N–H and O–H groups in total. The molecular weight excluding hydrogens is 354 g/mol. The van der Waals surface area contributed by atoms with E-state index in [2.05, 4.69) is 9.72 Å². The van der Waals surface area contributed by atoms with Crippen LogP contribution < -0.4 is 0 Å². The van der Waals surface area contributed by atoms with Crippen LogP contribution in [-0.4, -0.2) is 26.5 Å². The van der Waals surface area contributed by atoms with Crippen LogP contribution in [0.2, 0.25) is 0 Å². The normalized spacial score (nSPS) is 11.3. The molecule has 0 bridgehead atoms. The zero-order valence-electron chi connectivity index (χ0n) is 14.3. The van der Waals surface area contributed by atoms with Gasteiger partial charge in [-0.05, 0) is 43.3 Å². The number of rotatable bonds is 5. The van der Waals surface area contributed by atoms with Gasteiger partial charge >= 0.3 is 5.97 Å². The first-order valence-corrected chi connectivity index (χ1v) is 9.49. The average Bonchev–Trinajstić information content (AvgIpc) is 3.02. The van der Waals surface area contributed by atoms with Gasteiger partial charge in [0.15, 0.2) is 9.84 Å². The summed E-state index contributed by atoms with van der Waals surface area (Å²) < 4.78 is 35.3. The highest BCUT2D eigenvalue weighted by Gasteiger charge is 2.21. The van der Waals surface area contributed by atoms with Crippen molar-refractivity contribution in [2.45, 2.75) is 17.6 Å². The number of aromatic nitrogens is 1. The Hall–Kier alpha value is -2.93. The monoisotopic (exact) mass is 371 g/mol. The molecule has 0 saturated heterocycles. The molecule has 6 nitrogen and oxygen atoms in total. The molecule has 0 aliphatic rings. The van der Waals surface area contributed by atoms with Gasteiger partial charge in [0.05, 0.1) is 23.3 Å². The lowest BCUT2D eigenvalue weighted by Crippen LogP contribution is -2.06. The van der Waals surface area contributed by atoms with Crippen LogP contribution in [0.25, 0.3) is 11.5 Å². The van der Waals surface area contributed by atoms with Crippen LogP contribution in [0.3, 0.4) is 0 Å². The van der Waals surface area contributed by atoms with Crippen molar-refractivity contribution >= 4 is 15.8 Å². The van der Waals surface area contributed by atoms with Crippen molar-refractivity contribution in [2.75, 3.05) is 7.11 Å². The van der Waals surface area contributed by atoms with Crippen molar-refractivity contribution in [1.82, 2.24) is 4.98 Å². The smallest absolute Gasteiger partial charge is 0.337 e. The summed E-state index contributed by atoms with van der Waals surface area (Å²) in [7, 11) is -2.20. The number of oxazole rings is 1. The summed E-state index contributed by atoms with van der Waals surface area (Å²) in [5.41, 5.74) is 1.41. The van der Waals surface area contributed by atoms with Crippen LogP contribution in [-0.2, 0) is 20.3 Å².